The molecule has 1 heteroatoms. The Labute approximate surface area is 99.5 Å². The van der Waals surface area contributed by atoms with Gasteiger partial charge in [0.15, 0.2) is 0 Å². The molecule has 1 N–H and O–H groups in total. The van der Waals surface area contributed by atoms with Crippen molar-refractivity contribution in [3.63, 3.8) is 0 Å². The molecule has 1 aromatic rings. The summed E-state index contributed by atoms with van der Waals surface area (Å²) < 4.78 is 0. The van der Waals surface area contributed by atoms with Gasteiger partial charge in [-0.15, -0.1) is 6.42 Å². The highest BCUT2D eigenvalue weighted by Crippen LogP contribution is 2.20. The van der Waals surface area contributed by atoms with Crippen LogP contribution in [0, 0.1) is 19.3 Å². The fourth-order valence-corrected chi connectivity index (χ4v) is 1.53. The maximum absolute atomic E-state index is 9.12. The first-order chi connectivity index (χ1) is 7.72. The summed E-state index contributed by atoms with van der Waals surface area (Å²) in [6.07, 6.45) is 6.36. The van der Waals surface area contributed by atoms with E-state index in [9.17, 15) is 0 Å². The third-order valence-electron chi connectivity index (χ3n) is 2.51. The maximum atomic E-state index is 9.12. The van der Waals surface area contributed by atoms with Crippen LogP contribution in [0.15, 0.2) is 18.2 Å². The molecule has 0 saturated carbocycles. The first-order valence-corrected chi connectivity index (χ1v) is 5.89. The fraction of sp³-hybridized carbons (Fsp3) is 0.467. The molecule has 1 nitrogen and oxygen atoms in total. The van der Waals surface area contributed by atoms with Gasteiger partial charge in [0.2, 0.25) is 0 Å². The second-order valence-corrected chi connectivity index (χ2v) is 3.45. The number of benzene rings is 1. The lowest BCUT2D eigenvalue weighted by Crippen LogP contribution is -2.04. The van der Waals surface area contributed by atoms with Gasteiger partial charge in [0.1, 0.15) is 0 Å². The van der Waals surface area contributed by atoms with Crippen molar-refractivity contribution in [2.45, 2.75) is 40.0 Å². The molecule has 0 aliphatic carbocycles. The van der Waals surface area contributed by atoms with Crippen LogP contribution in [0.2, 0.25) is 0 Å². The third-order valence-corrected chi connectivity index (χ3v) is 2.51. The molecule has 0 bridgehead atoms. The highest BCUT2D eigenvalue weighted by molar-refractivity contribution is 5.37. The van der Waals surface area contributed by atoms with Gasteiger partial charge in [-0.2, -0.15) is 0 Å². The van der Waals surface area contributed by atoms with Crippen LogP contribution in [0.25, 0.3) is 0 Å². The molecule has 0 fully saturated rings. The van der Waals surface area contributed by atoms with E-state index in [-0.39, 0.29) is 12.5 Å². The number of hydrogen-bond donors (Lipinski definition) is 1. The monoisotopic (exact) mass is 218 g/mol. The lowest BCUT2D eigenvalue weighted by Gasteiger charge is -2.12. The van der Waals surface area contributed by atoms with Gasteiger partial charge < -0.3 is 5.11 Å². The summed E-state index contributed by atoms with van der Waals surface area (Å²) in [5, 5.41) is 9.12. The predicted molar refractivity (Wildman–Crippen MR) is 70.6 cm³/mol. The zero-order valence-corrected chi connectivity index (χ0v) is 10.7. The molecule has 0 amide bonds. The molecule has 1 atom stereocenters. The molecule has 1 rings (SSSR count). The van der Waals surface area contributed by atoms with Crippen LogP contribution in [0.1, 0.15) is 43.4 Å². The Morgan fingerprint density at radius 2 is 2.00 bits per heavy atom. The zero-order valence-electron chi connectivity index (χ0n) is 10.7. The second kappa shape index (κ2) is 7.96. The normalized spacial score (nSPS) is 11.0. The van der Waals surface area contributed by atoms with E-state index in [2.05, 4.69) is 31.0 Å². The molecule has 0 aliphatic heterocycles. The van der Waals surface area contributed by atoms with Crippen molar-refractivity contribution in [1.82, 2.24) is 0 Å². The lowest BCUT2D eigenvalue weighted by atomic mass is 9.93. The van der Waals surface area contributed by atoms with Crippen molar-refractivity contribution in [3.05, 3.63) is 34.9 Å². The minimum atomic E-state index is -0.165. The summed E-state index contributed by atoms with van der Waals surface area (Å²) in [4.78, 5) is 0. The van der Waals surface area contributed by atoms with E-state index >= 15 is 0 Å². The Kier molecular flexibility index (Phi) is 7.33. The molecule has 1 aromatic carbocycles. The second-order valence-electron chi connectivity index (χ2n) is 3.45. The number of rotatable bonds is 3. The van der Waals surface area contributed by atoms with Crippen LogP contribution in [0.4, 0.5) is 0 Å². The van der Waals surface area contributed by atoms with E-state index in [1.54, 1.807) is 0 Å². The van der Waals surface area contributed by atoms with Gasteiger partial charge in [0.05, 0.1) is 12.5 Å². The number of terminal acetylenes is 1. The van der Waals surface area contributed by atoms with Crippen LogP contribution in [0.3, 0.4) is 0 Å². The number of aliphatic hydroxyl groups excluding tert-OH is 1. The van der Waals surface area contributed by atoms with E-state index in [4.69, 9.17) is 11.5 Å². The van der Waals surface area contributed by atoms with Gasteiger partial charge in [-0.1, -0.05) is 44.9 Å². The van der Waals surface area contributed by atoms with Crippen molar-refractivity contribution in [3.8, 4) is 12.3 Å². The molecule has 0 heterocycles. The molecule has 0 radical (unpaired) electrons. The van der Waals surface area contributed by atoms with Crippen molar-refractivity contribution < 1.29 is 5.11 Å². The van der Waals surface area contributed by atoms with Gasteiger partial charge in [0, 0.05) is 0 Å². The smallest absolute Gasteiger partial charge is 0.0683 e. The standard InChI is InChI=1S/C13H16O.C2H6/c1-4-11-7-6-10(3)13(8-11)12(5-2)9-14;1-2/h2,6-8,12,14H,4,9H2,1,3H3;1-2H3/t12-;/m0./s1. The van der Waals surface area contributed by atoms with E-state index in [1.807, 2.05) is 20.8 Å². The van der Waals surface area contributed by atoms with Crippen molar-refractivity contribution in [1.29, 1.82) is 0 Å². The first-order valence-electron chi connectivity index (χ1n) is 5.89. The Morgan fingerprint density at radius 3 is 2.44 bits per heavy atom. The predicted octanol–water partition coefficient (Wildman–Crippen LogP) is 3.29. The van der Waals surface area contributed by atoms with Gasteiger partial charge in [-0.3, -0.25) is 0 Å². The number of aliphatic hydroxyl groups is 1. The molecule has 0 aromatic heterocycles. The summed E-state index contributed by atoms with van der Waals surface area (Å²) in [5.74, 6) is 2.44. The molecule has 88 valence electrons. The van der Waals surface area contributed by atoms with Crippen molar-refractivity contribution >= 4 is 0 Å². The van der Waals surface area contributed by atoms with Crippen LogP contribution in [-0.4, -0.2) is 11.7 Å². The minimum absolute atomic E-state index is 0.0184. The average molecular weight is 218 g/mol. The quantitative estimate of drug-likeness (QED) is 0.772. The highest BCUT2D eigenvalue weighted by Gasteiger charge is 2.09. The molecule has 16 heavy (non-hydrogen) atoms. The summed E-state index contributed by atoms with van der Waals surface area (Å²) in [5.41, 5.74) is 3.49. The van der Waals surface area contributed by atoms with E-state index < -0.39 is 0 Å². The summed E-state index contributed by atoms with van der Waals surface area (Å²) in [7, 11) is 0. The Bertz CT molecular complexity index is 347. The van der Waals surface area contributed by atoms with Gasteiger partial charge in [-0.25, -0.2) is 0 Å². The maximum Gasteiger partial charge on any atom is 0.0683 e. The zero-order chi connectivity index (χ0) is 12.6. The van der Waals surface area contributed by atoms with Crippen molar-refractivity contribution in [2.75, 3.05) is 6.61 Å². The first kappa shape index (κ1) is 14.7. The van der Waals surface area contributed by atoms with Crippen LogP contribution < -0.4 is 0 Å². The van der Waals surface area contributed by atoms with Crippen LogP contribution in [-0.2, 0) is 6.42 Å². The SMILES string of the molecule is C#C[C@@H](CO)c1cc(CC)ccc1C.CC. The topological polar surface area (TPSA) is 20.2 Å². The average Bonchev–Trinajstić information content (AvgIpc) is 2.35. The van der Waals surface area contributed by atoms with Gasteiger partial charge >= 0.3 is 0 Å². The third kappa shape index (κ3) is 3.72. The lowest BCUT2D eigenvalue weighted by molar-refractivity contribution is 0.286. The summed E-state index contributed by atoms with van der Waals surface area (Å²) in [6, 6.07) is 6.26. The molecule has 0 aliphatic rings. The van der Waals surface area contributed by atoms with Crippen molar-refractivity contribution in [2.24, 2.45) is 0 Å². The summed E-state index contributed by atoms with van der Waals surface area (Å²) >= 11 is 0. The minimum Gasteiger partial charge on any atom is -0.395 e. The van der Waals surface area contributed by atoms with E-state index in [0.717, 1.165) is 17.5 Å². The van der Waals surface area contributed by atoms with E-state index in [1.165, 1.54) is 5.56 Å². The largest absolute Gasteiger partial charge is 0.395 e. The molecule has 0 unspecified atom stereocenters. The number of aryl methyl sites for hydroxylation is 2. The molecule has 0 saturated heterocycles. The van der Waals surface area contributed by atoms with Crippen LogP contribution in [0.5, 0.6) is 0 Å². The van der Waals surface area contributed by atoms with Gasteiger partial charge in [-0.05, 0) is 30.0 Å². The van der Waals surface area contributed by atoms with Crippen LogP contribution >= 0.6 is 0 Å². The molecular weight excluding hydrogens is 196 g/mol. The number of hydrogen-bond acceptors (Lipinski definition) is 1. The summed E-state index contributed by atoms with van der Waals surface area (Å²) in [6.45, 7) is 8.15. The van der Waals surface area contributed by atoms with Gasteiger partial charge in [0.25, 0.3) is 0 Å². The Hall–Kier alpha value is -1.26. The Morgan fingerprint density at radius 1 is 1.38 bits per heavy atom. The van der Waals surface area contributed by atoms with E-state index in [0.29, 0.717) is 0 Å². The Balaban J connectivity index is 0.00000106. The fourth-order valence-electron chi connectivity index (χ4n) is 1.53. The molecule has 0 spiro atoms. The molecular formula is C15H22O. The highest BCUT2D eigenvalue weighted by atomic mass is 16.3.